The molecule has 0 heterocycles. The molecule has 0 bridgehead atoms. The van der Waals surface area contributed by atoms with Crippen LogP contribution in [0.25, 0.3) is 0 Å². The molecule has 2 aromatic carbocycles. The Balaban J connectivity index is 1.87. The van der Waals surface area contributed by atoms with Gasteiger partial charge in [0.2, 0.25) is 0 Å². The number of para-hydroxylation sites is 1. The summed E-state index contributed by atoms with van der Waals surface area (Å²) in [7, 11) is 0. The number of hydrogen-bond acceptors (Lipinski definition) is 1. The summed E-state index contributed by atoms with van der Waals surface area (Å²) >= 11 is 5.85. The van der Waals surface area contributed by atoms with Crippen molar-refractivity contribution in [3.05, 3.63) is 64.2 Å². The first-order valence-electron chi connectivity index (χ1n) is 7.48. The third-order valence-electron chi connectivity index (χ3n) is 3.59. The first-order valence-corrected chi connectivity index (χ1v) is 7.85. The van der Waals surface area contributed by atoms with Gasteiger partial charge in [0.25, 0.3) is 0 Å². The highest BCUT2D eigenvalue weighted by molar-refractivity contribution is 6.30. The zero-order valence-corrected chi connectivity index (χ0v) is 13.7. The lowest BCUT2D eigenvalue weighted by Crippen LogP contribution is -2.31. The SMILES string of the molecule is CCc1cccc(C)c1NC(=O)NCCc1ccc(Cl)cc1. The van der Waals surface area contributed by atoms with Crippen LogP contribution in [0.1, 0.15) is 23.6 Å². The van der Waals surface area contributed by atoms with Crippen molar-refractivity contribution < 1.29 is 4.79 Å². The number of benzene rings is 2. The molecule has 0 atom stereocenters. The van der Waals surface area contributed by atoms with Gasteiger partial charge in [0.15, 0.2) is 0 Å². The molecule has 2 rings (SSSR count). The topological polar surface area (TPSA) is 41.1 Å². The molecular weight excluding hydrogens is 296 g/mol. The quantitative estimate of drug-likeness (QED) is 0.833. The fourth-order valence-corrected chi connectivity index (χ4v) is 2.46. The molecule has 2 N–H and O–H groups in total. The summed E-state index contributed by atoms with van der Waals surface area (Å²) in [5.74, 6) is 0. The molecule has 0 aliphatic heterocycles. The number of aryl methyl sites for hydroxylation is 2. The highest BCUT2D eigenvalue weighted by atomic mass is 35.5. The van der Waals surface area contributed by atoms with E-state index in [-0.39, 0.29) is 6.03 Å². The van der Waals surface area contributed by atoms with E-state index in [9.17, 15) is 4.79 Å². The van der Waals surface area contributed by atoms with E-state index < -0.39 is 0 Å². The molecule has 0 aliphatic rings. The Morgan fingerprint density at radius 3 is 2.55 bits per heavy atom. The summed E-state index contributed by atoms with van der Waals surface area (Å²) in [6, 6.07) is 13.5. The lowest BCUT2D eigenvalue weighted by atomic mass is 10.1. The van der Waals surface area contributed by atoms with Crippen LogP contribution in [-0.2, 0) is 12.8 Å². The van der Waals surface area contributed by atoms with Crippen molar-refractivity contribution >= 4 is 23.3 Å². The van der Waals surface area contributed by atoms with E-state index in [2.05, 4.69) is 17.6 Å². The van der Waals surface area contributed by atoms with E-state index in [0.717, 1.165) is 40.2 Å². The molecule has 0 saturated heterocycles. The second-order valence-corrected chi connectivity index (χ2v) is 5.66. The Morgan fingerprint density at radius 1 is 1.14 bits per heavy atom. The van der Waals surface area contributed by atoms with Crippen LogP contribution < -0.4 is 10.6 Å². The average Bonchev–Trinajstić information content (AvgIpc) is 2.51. The minimum atomic E-state index is -0.169. The van der Waals surface area contributed by atoms with E-state index in [1.54, 1.807) is 0 Å². The average molecular weight is 317 g/mol. The largest absolute Gasteiger partial charge is 0.338 e. The minimum absolute atomic E-state index is 0.169. The fourth-order valence-electron chi connectivity index (χ4n) is 2.33. The number of rotatable bonds is 5. The zero-order valence-electron chi connectivity index (χ0n) is 12.9. The normalized spacial score (nSPS) is 10.3. The van der Waals surface area contributed by atoms with Crippen molar-refractivity contribution in [1.82, 2.24) is 5.32 Å². The van der Waals surface area contributed by atoms with Gasteiger partial charge in [-0.2, -0.15) is 0 Å². The predicted molar refractivity (Wildman–Crippen MR) is 92.7 cm³/mol. The molecule has 0 saturated carbocycles. The van der Waals surface area contributed by atoms with Crippen LogP contribution in [0.2, 0.25) is 5.02 Å². The minimum Gasteiger partial charge on any atom is -0.338 e. The maximum absolute atomic E-state index is 12.0. The molecule has 3 nitrogen and oxygen atoms in total. The Hall–Kier alpha value is -2.00. The van der Waals surface area contributed by atoms with Crippen LogP contribution >= 0.6 is 11.6 Å². The molecule has 0 spiro atoms. The van der Waals surface area contributed by atoms with Gasteiger partial charge in [0, 0.05) is 17.3 Å². The highest BCUT2D eigenvalue weighted by Crippen LogP contribution is 2.20. The number of anilines is 1. The molecule has 4 heteroatoms. The standard InChI is InChI=1S/C18H21ClN2O/c1-3-15-6-4-5-13(2)17(15)21-18(22)20-12-11-14-7-9-16(19)10-8-14/h4-10H,3,11-12H2,1-2H3,(H2,20,21,22). The summed E-state index contributed by atoms with van der Waals surface area (Å²) in [6.45, 7) is 4.67. The molecule has 0 aromatic heterocycles. The third kappa shape index (κ3) is 4.50. The highest BCUT2D eigenvalue weighted by Gasteiger charge is 2.07. The predicted octanol–water partition coefficient (Wildman–Crippen LogP) is 4.58. The first kappa shape index (κ1) is 16.4. The fraction of sp³-hybridized carbons (Fsp3) is 0.278. The number of urea groups is 1. The van der Waals surface area contributed by atoms with Crippen LogP contribution in [0.4, 0.5) is 10.5 Å². The first-order chi connectivity index (χ1) is 10.6. The van der Waals surface area contributed by atoms with Gasteiger partial charge in [-0.25, -0.2) is 4.79 Å². The van der Waals surface area contributed by atoms with Gasteiger partial charge in [-0.15, -0.1) is 0 Å². The maximum Gasteiger partial charge on any atom is 0.319 e. The second kappa shape index (κ2) is 7.85. The van der Waals surface area contributed by atoms with E-state index >= 15 is 0 Å². The Bertz CT molecular complexity index is 638. The summed E-state index contributed by atoms with van der Waals surface area (Å²) < 4.78 is 0. The number of nitrogens with one attached hydrogen (secondary N) is 2. The summed E-state index contributed by atoms with van der Waals surface area (Å²) in [4.78, 5) is 12.0. The molecule has 2 amide bonds. The number of carbonyl (C=O) groups is 1. The van der Waals surface area contributed by atoms with Crippen molar-refractivity contribution in [2.45, 2.75) is 26.7 Å². The van der Waals surface area contributed by atoms with Crippen molar-refractivity contribution in [1.29, 1.82) is 0 Å². The molecule has 0 fully saturated rings. The van der Waals surface area contributed by atoms with Crippen LogP contribution in [0.5, 0.6) is 0 Å². The van der Waals surface area contributed by atoms with Crippen LogP contribution in [0.15, 0.2) is 42.5 Å². The van der Waals surface area contributed by atoms with E-state index in [1.165, 1.54) is 0 Å². The van der Waals surface area contributed by atoms with Crippen LogP contribution in [0, 0.1) is 6.92 Å². The van der Waals surface area contributed by atoms with Gasteiger partial charge >= 0.3 is 6.03 Å². The van der Waals surface area contributed by atoms with Crippen LogP contribution in [-0.4, -0.2) is 12.6 Å². The van der Waals surface area contributed by atoms with E-state index in [1.807, 2.05) is 49.4 Å². The number of carbonyl (C=O) groups excluding carboxylic acids is 1. The molecule has 0 radical (unpaired) electrons. The lowest BCUT2D eigenvalue weighted by Gasteiger charge is -2.13. The summed E-state index contributed by atoms with van der Waals surface area (Å²) in [5.41, 5.74) is 4.28. The molecule has 0 aliphatic carbocycles. The lowest BCUT2D eigenvalue weighted by molar-refractivity contribution is 0.252. The Kier molecular flexibility index (Phi) is 5.84. The Labute approximate surface area is 136 Å². The van der Waals surface area contributed by atoms with Gasteiger partial charge in [-0.1, -0.05) is 48.9 Å². The zero-order chi connectivity index (χ0) is 15.9. The van der Waals surface area contributed by atoms with Crippen molar-refractivity contribution in [2.24, 2.45) is 0 Å². The molecule has 116 valence electrons. The van der Waals surface area contributed by atoms with E-state index in [4.69, 9.17) is 11.6 Å². The van der Waals surface area contributed by atoms with Crippen molar-refractivity contribution in [2.75, 3.05) is 11.9 Å². The Morgan fingerprint density at radius 2 is 1.86 bits per heavy atom. The van der Waals surface area contributed by atoms with E-state index in [0.29, 0.717) is 6.54 Å². The monoisotopic (exact) mass is 316 g/mol. The summed E-state index contributed by atoms with van der Waals surface area (Å²) in [5, 5.41) is 6.57. The van der Waals surface area contributed by atoms with Gasteiger partial charge in [-0.3, -0.25) is 0 Å². The van der Waals surface area contributed by atoms with Gasteiger partial charge < -0.3 is 10.6 Å². The molecule has 2 aromatic rings. The van der Waals surface area contributed by atoms with Gasteiger partial charge in [-0.05, 0) is 48.6 Å². The molecule has 22 heavy (non-hydrogen) atoms. The van der Waals surface area contributed by atoms with Crippen LogP contribution in [0.3, 0.4) is 0 Å². The van der Waals surface area contributed by atoms with Crippen molar-refractivity contribution in [3.63, 3.8) is 0 Å². The second-order valence-electron chi connectivity index (χ2n) is 5.22. The third-order valence-corrected chi connectivity index (χ3v) is 3.84. The smallest absolute Gasteiger partial charge is 0.319 e. The van der Waals surface area contributed by atoms with Gasteiger partial charge in [0.05, 0.1) is 0 Å². The number of halogens is 1. The van der Waals surface area contributed by atoms with Crippen molar-refractivity contribution in [3.8, 4) is 0 Å². The van der Waals surface area contributed by atoms with Gasteiger partial charge in [0.1, 0.15) is 0 Å². The molecular formula is C18H21ClN2O. The maximum atomic E-state index is 12.0. The number of amides is 2. The summed E-state index contributed by atoms with van der Waals surface area (Å²) in [6.07, 6.45) is 1.67. The molecule has 0 unspecified atom stereocenters. The number of hydrogen-bond donors (Lipinski definition) is 2.